The fourth-order valence-corrected chi connectivity index (χ4v) is 3.45. The summed E-state index contributed by atoms with van der Waals surface area (Å²) in [6, 6.07) is 17.6. The topological polar surface area (TPSA) is 21.3 Å². The predicted octanol–water partition coefficient (Wildman–Crippen LogP) is 3.27. The van der Waals surface area contributed by atoms with Crippen LogP contribution in [0.5, 0.6) is 5.75 Å². The Morgan fingerprint density at radius 3 is 2.70 bits per heavy atom. The smallest absolute Gasteiger partial charge is 0.123 e. The predicted molar refractivity (Wildman–Crippen MR) is 80.1 cm³/mol. The quantitative estimate of drug-likeness (QED) is 0.900. The summed E-state index contributed by atoms with van der Waals surface area (Å²) in [5, 5.41) is 3.65. The Labute approximate surface area is 119 Å². The van der Waals surface area contributed by atoms with Crippen molar-refractivity contribution >= 4 is 0 Å². The van der Waals surface area contributed by atoms with Gasteiger partial charge in [0.25, 0.3) is 0 Å². The number of ether oxygens (including phenoxy) is 1. The van der Waals surface area contributed by atoms with Crippen LogP contribution in [0.4, 0.5) is 0 Å². The number of hydrogen-bond donors (Lipinski definition) is 1. The highest BCUT2D eigenvalue weighted by Gasteiger charge is 2.28. The van der Waals surface area contributed by atoms with Crippen LogP contribution in [0.2, 0.25) is 0 Å². The van der Waals surface area contributed by atoms with Gasteiger partial charge in [-0.05, 0) is 35.7 Å². The van der Waals surface area contributed by atoms with Crippen molar-refractivity contribution in [3.8, 4) is 5.75 Å². The number of rotatable bonds is 2. The van der Waals surface area contributed by atoms with E-state index in [-0.39, 0.29) is 0 Å². The Kier molecular flexibility index (Phi) is 2.96. The van der Waals surface area contributed by atoms with Crippen LogP contribution in [0.25, 0.3) is 0 Å². The molecule has 102 valence electrons. The van der Waals surface area contributed by atoms with Crippen molar-refractivity contribution in [3.63, 3.8) is 0 Å². The molecular weight excluding hydrogens is 246 g/mol. The molecule has 2 aromatic rings. The Balaban J connectivity index is 1.52. The third kappa shape index (κ3) is 2.10. The molecule has 2 heteroatoms. The lowest BCUT2D eigenvalue weighted by atomic mass is 9.90. The highest BCUT2D eigenvalue weighted by Crippen LogP contribution is 2.34. The second-order valence-corrected chi connectivity index (χ2v) is 5.74. The molecule has 2 atom stereocenters. The van der Waals surface area contributed by atoms with E-state index in [0.717, 1.165) is 31.6 Å². The van der Waals surface area contributed by atoms with Gasteiger partial charge in [0.05, 0.1) is 0 Å². The summed E-state index contributed by atoms with van der Waals surface area (Å²) in [6.07, 6.45) is 3.52. The Morgan fingerprint density at radius 1 is 1.00 bits per heavy atom. The average molecular weight is 265 g/mol. The van der Waals surface area contributed by atoms with Crippen molar-refractivity contribution in [1.29, 1.82) is 0 Å². The number of fused-ring (bicyclic) bond motifs is 2. The summed E-state index contributed by atoms with van der Waals surface area (Å²) in [6.45, 7) is 1.07. The van der Waals surface area contributed by atoms with Crippen LogP contribution in [-0.4, -0.2) is 12.6 Å². The molecule has 2 aromatic carbocycles. The van der Waals surface area contributed by atoms with Gasteiger partial charge in [-0.3, -0.25) is 0 Å². The van der Waals surface area contributed by atoms with Gasteiger partial charge in [-0.1, -0.05) is 42.5 Å². The molecule has 0 radical (unpaired) electrons. The minimum absolute atomic E-state index is 0.302. The first-order valence-corrected chi connectivity index (χ1v) is 7.46. The zero-order chi connectivity index (χ0) is 13.4. The molecule has 2 aliphatic heterocycles. The highest BCUT2D eigenvalue weighted by molar-refractivity contribution is 5.38. The molecule has 2 aliphatic rings. The van der Waals surface area contributed by atoms with Crippen molar-refractivity contribution in [2.75, 3.05) is 6.54 Å². The van der Waals surface area contributed by atoms with E-state index in [1.165, 1.54) is 16.7 Å². The van der Waals surface area contributed by atoms with E-state index in [1.807, 2.05) is 0 Å². The Morgan fingerprint density at radius 2 is 1.80 bits per heavy atom. The number of para-hydroxylation sites is 1. The first kappa shape index (κ1) is 12.0. The summed E-state index contributed by atoms with van der Waals surface area (Å²) in [4.78, 5) is 0. The molecule has 2 nitrogen and oxygen atoms in total. The van der Waals surface area contributed by atoms with E-state index in [2.05, 4.69) is 53.8 Å². The molecule has 0 spiro atoms. The normalized spacial score (nSPS) is 23.8. The van der Waals surface area contributed by atoms with E-state index in [4.69, 9.17) is 4.74 Å². The molecule has 20 heavy (non-hydrogen) atoms. The van der Waals surface area contributed by atoms with Crippen molar-refractivity contribution < 1.29 is 4.74 Å². The minimum Gasteiger partial charge on any atom is -0.490 e. The van der Waals surface area contributed by atoms with Crippen molar-refractivity contribution in [2.24, 2.45) is 0 Å². The van der Waals surface area contributed by atoms with Gasteiger partial charge in [-0.15, -0.1) is 0 Å². The minimum atomic E-state index is 0.302. The van der Waals surface area contributed by atoms with Crippen LogP contribution in [0.1, 0.15) is 29.2 Å². The SMILES string of the molecule is c1ccc2c(c1)CC(CC1NCCc3ccccc31)O2. The standard InChI is InChI=1S/C18H19NO/c1-3-7-16-13(5-1)9-10-19-17(16)12-15-11-14-6-2-4-8-18(14)20-15/h1-8,15,17,19H,9-12H2. The van der Waals surface area contributed by atoms with Crippen molar-refractivity contribution in [1.82, 2.24) is 5.32 Å². The second kappa shape index (κ2) is 4.95. The molecule has 0 aromatic heterocycles. The van der Waals surface area contributed by atoms with E-state index in [9.17, 15) is 0 Å². The van der Waals surface area contributed by atoms with Crippen molar-refractivity contribution in [3.05, 3.63) is 65.2 Å². The maximum Gasteiger partial charge on any atom is 0.123 e. The fourth-order valence-electron chi connectivity index (χ4n) is 3.45. The third-order valence-corrected chi connectivity index (χ3v) is 4.43. The summed E-state index contributed by atoms with van der Waals surface area (Å²) >= 11 is 0. The zero-order valence-corrected chi connectivity index (χ0v) is 11.5. The highest BCUT2D eigenvalue weighted by atomic mass is 16.5. The molecule has 0 fully saturated rings. The van der Waals surface area contributed by atoms with Crippen LogP contribution in [-0.2, 0) is 12.8 Å². The maximum absolute atomic E-state index is 6.08. The number of hydrogen-bond acceptors (Lipinski definition) is 2. The summed E-state index contributed by atoms with van der Waals surface area (Å²) in [5.74, 6) is 1.07. The Bertz CT molecular complexity index is 597. The first-order valence-electron chi connectivity index (χ1n) is 7.46. The molecule has 0 bridgehead atoms. The van der Waals surface area contributed by atoms with Gasteiger partial charge >= 0.3 is 0 Å². The molecule has 0 saturated carbocycles. The van der Waals surface area contributed by atoms with E-state index >= 15 is 0 Å². The largest absolute Gasteiger partial charge is 0.490 e. The van der Waals surface area contributed by atoms with Gasteiger partial charge < -0.3 is 10.1 Å². The molecule has 1 N–H and O–H groups in total. The van der Waals surface area contributed by atoms with E-state index in [1.54, 1.807) is 0 Å². The number of nitrogens with one attached hydrogen (secondary N) is 1. The van der Waals surface area contributed by atoms with Crippen LogP contribution in [0.15, 0.2) is 48.5 Å². The van der Waals surface area contributed by atoms with E-state index < -0.39 is 0 Å². The van der Waals surface area contributed by atoms with Gasteiger partial charge in [0.15, 0.2) is 0 Å². The molecule has 2 heterocycles. The Hall–Kier alpha value is -1.80. The van der Waals surface area contributed by atoms with Gasteiger partial charge in [-0.25, -0.2) is 0 Å². The number of benzene rings is 2. The third-order valence-electron chi connectivity index (χ3n) is 4.43. The van der Waals surface area contributed by atoms with Crippen LogP contribution in [0, 0.1) is 0 Å². The molecule has 4 rings (SSSR count). The zero-order valence-electron chi connectivity index (χ0n) is 11.5. The lowest BCUT2D eigenvalue weighted by Gasteiger charge is -2.28. The van der Waals surface area contributed by atoms with Crippen LogP contribution < -0.4 is 10.1 Å². The average Bonchev–Trinajstić information content (AvgIpc) is 2.90. The monoisotopic (exact) mass is 265 g/mol. The first-order chi connectivity index (χ1) is 9.90. The molecular formula is C18H19NO. The van der Waals surface area contributed by atoms with Crippen LogP contribution >= 0.6 is 0 Å². The lowest BCUT2D eigenvalue weighted by Crippen LogP contribution is -2.33. The lowest BCUT2D eigenvalue weighted by molar-refractivity contribution is 0.200. The maximum atomic E-state index is 6.08. The fraction of sp³-hybridized carbons (Fsp3) is 0.333. The second-order valence-electron chi connectivity index (χ2n) is 5.74. The van der Waals surface area contributed by atoms with Gasteiger partial charge in [-0.2, -0.15) is 0 Å². The molecule has 2 unspecified atom stereocenters. The molecule has 0 aliphatic carbocycles. The summed E-state index contributed by atoms with van der Waals surface area (Å²) in [5.41, 5.74) is 4.30. The molecule has 0 saturated heterocycles. The van der Waals surface area contributed by atoms with Gasteiger partial charge in [0, 0.05) is 18.9 Å². The van der Waals surface area contributed by atoms with Gasteiger partial charge in [0.2, 0.25) is 0 Å². The van der Waals surface area contributed by atoms with Gasteiger partial charge in [0.1, 0.15) is 11.9 Å². The molecule has 0 amide bonds. The van der Waals surface area contributed by atoms with Crippen LogP contribution in [0.3, 0.4) is 0 Å². The van der Waals surface area contributed by atoms with Crippen molar-refractivity contribution in [2.45, 2.75) is 31.4 Å². The summed E-state index contributed by atoms with van der Waals surface area (Å²) in [7, 11) is 0. The van der Waals surface area contributed by atoms with E-state index in [0.29, 0.717) is 12.1 Å². The summed E-state index contributed by atoms with van der Waals surface area (Å²) < 4.78 is 6.08.